The molecule has 0 fully saturated rings. The fraction of sp³-hybridized carbons (Fsp3) is 0.250. The minimum absolute atomic E-state index is 0.0339. The van der Waals surface area contributed by atoms with E-state index >= 15 is 0 Å². The minimum Gasteiger partial charge on any atom is -0.461 e. The summed E-state index contributed by atoms with van der Waals surface area (Å²) >= 11 is 11.6. The normalized spacial score (nSPS) is 11.5. The van der Waals surface area contributed by atoms with E-state index < -0.39 is 23.5 Å². The first kappa shape index (κ1) is 16.6. The number of alkyl halides is 3. The summed E-state index contributed by atoms with van der Waals surface area (Å²) in [6, 6.07) is 4.06. The Hall–Kier alpha value is -1.80. The number of carbonyl (C=O) groups is 1. The summed E-state index contributed by atoms with van der Waals surface area (Å²) in [6.45, 7) is 1.37. The van der Waals surface area contributed by atoms with Gasteiger partial charge in [-0.15, -0.1) is 15.0 Å². The maximum Gasteiger partial charge on any atom is 0.437 e. The summed E-state index contributed by atoms with van der Waals surface area (Å²) in [5.74, 6) is -1.22. The average Bonchev–Trinajstić information content (AvgIpc) is 2.83. The van der Waals surface area contributed by atoms with E-state index in [2.05, 4.69) is 14.9 Å². The van der Waals surface area contributed by atoms with Crippen molar-refractivity contribution in [3.05, 3.63) is 39.6 Å². The second-order valence-corrected chi connectivity index (χ2v) is 4.84. The number of nitrogens with zero attached hydrogens (tertiary/aromatic N) is 3. The third-order valence-electron chi connectivity index (χ3n) is 2.48. The third kappa shape index (κ3) is 3.33. The van der Waals surface area contributed by atoms with Gasteiger partial charge < -0.3 is 4.74 Å². The Balaban J connectivity index is 2.57. The van der Waals surface area contributed by atoms with Crippen molar-refractivity contribution in [1.29, 1.82) is 0 Å². The number of hydrogen-bond acceptors (Lipinski definition) is 4. The average molecular weight is 354 g/mol. The van der Waals surface area contributed by atoms with Crippen LogP contribution in [-0.4, -0.2) is 27.6 Å². The van der Waals surface area contributed by atoms with Crippen LogP contribution in [-0.2, 0) is 10.9 Å². The molecule has 0 saturated heterocycles. The largest absolute Gasteiger partial charge is 0.461 e. The molecule has 0 amide bonds. The van der Waals surface area contributed by atoms with Gasteiger partial charge in [0.2, 0.25) is 11.4 Å². The Bertz CT molecular complexity index is 716. The summed E-state index contributed by atoms with van der Waals surface area (Å²) in [6.07, 6.45) is -4.86. The van der Waals surface area contributed by atoms with Crippen molar-refractivity contribution in [2.24, 2.45) is 0 Å². The number of hydrogen-bond donors (Lipinski definition) is 0. The monoisotopic (exact) mass is 353 g/mol. The quantitative estimate of drug-likeness (QED) is 0.788. The molecule has 2 aromatic rings. The number of aromatic nitrogens is 3. The van der Waals surface area contributed by atoms with E-state index in [1.165, 1.54) is 25.1 Å². The molecule has 0 spiro atoms. The van der Waals surface area contributed by atoms with Crippen LogP contribution in [0.4, 0.5) is 13.2 Å². The molecule has 5 nitrogen and oxygen atoms in total. The molecule has 1 heterocycles. The molecule has 0 N–H and O–H groups in total. The van der Waals surface area contributed by atoms with Crippen LogP contribution in [0.3, 0.4) is 0 Å². The van der Waals surface area contributed by atoms with E-state index in [0.29, 0.717) is 9.82 Å². The van der Waals surface area contributed by atoms with Gasteiger partial charge in [0.05, 0.1) is 11.6 Å². The molecule has 0 unspecified atom stereocenters. The summed E-state index contributed by atoms with van der Waals surface area (Å²) in [7, 11) is 0. The van der Waals surface area contributed by atoms with Gasteiger partial charge in [-0.2, -0.15) is 13.2 Å². The van der Waals surface area contributed by atoms with Crippen LogP contribution in [0.2, 0.25) is 10.0 Å². The molecule has 1 aromatic carbocycles. The lowest BCUT2D eigenvalue weighted by Gasteiger charge is -2.03. The van der Waals surface area contributed by atoms with Gasteiger partial charge in [0, 0.05) is 5.02 Å². The van der Waals surface area contributed by atoms with Crippen LogP contribution in [0.25, 0.3) is 5.69 Å². The first-order valence-corrected chi connectivity index (χ1v) is 6.66. The Morgan fingerprint density at radius 1 is 1.32 bits per heavy atom. The van der Waals surface area contributed by atoms with Crippen molar-refractivity contribution >= 4 is 29.2 Å². The number of benzene rings is 1. The summed E-state index contributed by atoms with van der Waals surface area (Å²) < 4.78 is 43.4. The number of ether oxygens (including phenoxy) is 1. The molecule has 22 heavy (non-hydrogen) atoms. The van der Waals surface area contributed by atoms with Crippen LogP contribution in [0.1, 0.15) is 23.1 Å². The van der Waals surface area contributed by atoms with Crippen molar-refractivity contribution in [1.82, 2.24) is 15.0 Å². The lowest BCUT2D eigenvalue weighted by Crippen LogP contribution is -2.15. The van der Waals surface area contributed by atoms with Gasteiger partial charge in [0.25, 0.3) is 0 Å². The van der Waals surface area contributed by atoms with Crippen molar-refractivity contribution in [2.45, 2.75) is 13.1 Å². The fourth-order valence-electron chi connectivity index (χ4n) is 1.59. The highest BCUT2D eigenvalue weighted by Crippen LogP contribution is 2.31. The van der Waals surface area contributed by atoms with Crippen LogP contribution < -0.4 is 0 Å². The molecule has 10 heteroatoms. The lowest BCUT2D eigenvalue weighted by atomic mass is 10.3. The van der Waals surface area contributed by atoms with Crippen molar-refractivity contribution in [2.75, 3.05) is 6.61 Å². The molecule has 2 rings (SSSR count). The molecule has 0 atom stereocenters. The molecule has 0 bridgehead atoms. The molecule has 0 aliphatic carbocycles. The Kier molecular flexibility index (Phi) is 4.62. The van der Waals surface area contributed by atoms with Gasteiger partial charge >= 0.3 is 12.1 Å². The van der Waals surface area contributed by atoms with Crippen molar-refractivity contribution in [3.8, 4) is 5.69 Å². The van der Waals surface area contributed by atoms with E-state index in [0.717, 1.165) is 0 Å². The Morgan fingerprint density at radius 2 is 2.00 bits per heavy atom. The smallest absolute Gasteiger partial charge is 0.437 e. The van der Waals surface area contributed by atoms with E-state index in [1.807, 2.05) is 0 Å². The first-order valence-electron chi connectivity index (χ1n) is 5.91. The highest BCUT2D eigenvalue weighted by molar-refractivity contribution is 6.35. The molecular formula is C12H8Cl2F3N3O2. The van der Waals surface area contributed by atoms with Gasteiger partial charge in [-0.05, 0) is 25.1 Å². The van der Waals surface area contributed by atoms with Gasteiger partial charge in [-0.25, -0.2) is 4.79 Å². The lowest BCUT2D eigenvalue weighted by molar-refractivity contribution is -0.141. The first-order chi connectivity index (χ1) is 10.2. The molecule has 118 valence electrons. The molecular weight excluding hydrogens is 346 g/mol. The number of carbonyl (C=O) groups excluding carboxylic acids is 1. The standard InChI is InChI=1S/C12H8Cl2F3N3O2/c1-2-22-11(21)9-10(12(15,16)17)19-20(18-9)8-4-3-6(13)5-7(8)14/h3-5H,2H2,1H3. The third-order valence-corrected chi connectivity index (χ3v) is 3.01. The second kappa shape index (κ2) is 6.13. The molecule has 0 saturated carbocycles. The van der Waals surface area contributed by atoms with Gasteiger partial charge in [0.1, 0.15) is 5.69 Å². The zero-order valence-electron chi connectivity index (χ0n) is 11.0. The van der Waals surface area contributed by atoms with E-state index in [9.17, 15) is 18.0 Å². The SMILES string of the molecule is CCOC(=O)c1nn(-c2ccc(Cl)cc2Cl)nc1C(F)(F)F. The maximum atomic E-state index is 13.0. The van der Waals surface area contributed by atoms with Crippen LogP contribution in [0, 0.1) is 0 Å². The highest BCUT2D eigenvalue weighted by Gasteiger charge is 2.41. The van der Waals surface area contributed by atoms with Crippen LogP contribution in [0.5, 0.6) is 0 Å². The Labute approximate surface area is 132 Å². The predicted octanol–water partition coefficient (Wildman–Crippen LogP) is 3.77. The predicted molar refractivity (Wildman–Crippen MR) is 72.3 cm³/mol. The summed E-state index contributed by atoms with van der Waals surface area (Å²) in [4.78, 5) is 12.2. The minimum atomic E-state index is -4.86. The number of halogens is 5. The van der Waals surface area contributed by atoms with E-state index in [4.69, 9.17) is 23.2 Å². The second-order valence-electron chi connectivity index (χ2n) is 4.00. The van der Waals surface area contributed by atoms with Gasteiger partial charge in [-0.1, -0.05) is 23.2 Å². The molecule has 0 aliphatic heterocycles. The zero-order valence-corrected chi connectivity index (χ0v) is 12.5. The van der Waals surface area contributed by atoms with Gasteiger partial charge in [-0.3, -0.25) is 0 Å². The van der Waals surface area contributed by atoms with Crippen LogP contribution >= 0.6 is 23.2 Å². The molecule has 0 aliphatic rings. The van der Waals surface area contributed by atoms with Crippen molar-refractivity contribution in [3.63, 3.8) is 0 Å². The topological polar surface area (TPSA) is 57.0 Å². The maximum absolute atomic E-state index is 13.0. The fourth-order valence-corrected chi connectivity index (χ4v) is 2.07. The summed E-state index contributed by atoms with van der Waals surface area (Å²) in [5.41, 5.74) is -2.33. The molecule has 0 radical (unpaired) electrons. The Morgan fingerprint density at radius 3 is 2.55 bits per heavy atom. The highest BCUT2D eigenvalue weighted by atomic mass is 35.5. The summed E-state index contributed by atoms with van der Waals surface area (Å²) in [5, 5.41) is 7.17. The number of rotatable bonds is 3. The van der Waals surface area contributed by atoms with Crippen molar-refractivity contribution < 1.29 is 22.7 Å². The van der Waals surface area contributed by atoms with E-state index in [1.54, 1.807) is 0 Å². The number of esters is 1. The van der Waals surface area contributed by atoms with Gasteiger partial charge in [0.15, 0.2) is 0 Å². The van der Waals surface area contributed by atoms with E-state index in [-0.39, 0.29) is 17.3 Å². The zero-order chi connectivity index (χ0) is 16.5. The molecule has 1 aromatic heterocycles. The van der Waals surface area contributed by atoms with Crippen LogP contribution in [0.15, 0.2) is 18.2 Å².